The van der Waals surface area contributed by atoms with Gasteiger partial charge in [-0.2, -0.15) is 0 Å². The SMILES string of the molecule is Clc1nnc(Cl)c2scnc12. The highest BCUT2D eigenvalue weighted by Crippen LogP contribution is 2.27. The Morgan fingerprint density at radius 1 is 1.18 bits per heavy atom. The average molecular weight is 206 g/mol. The Hall–Kier alpha value is -0.450. The second-order valence-corrected chi connectivity index (χ2v) is 3.38. The van der Waals surface area contributed by atoms with Gasteiger partial charge in [0.25, 0.3) is 0 Å². The van der Waals surface area contributed by atoms with Crippen molar-refractivity contribution in [1.82, 2.24) is 15.2 Å². The van der Waals surface area contributed by atoms with Gasteiger partial charge in [-0.3, -0.25) is 0 Å². The van der Waals surface area contributed by atoms with Gasteiger partial charge in [-0.15, -0.1) is 21.5 Å². The van der Waals surface area contributed by atoms with E-state index in [0.29, 0.717) is 15.8 Å². The molecule has 0 N–H and O–H groups in total. The molecule has 2 rings (SSSR count). The molecule has 11 heavy (non-hydrogen) atoms. The van der Waals surface area contributed by atoms with E-state index in [0.717, 1.165) is 4.70 Å². The number of rotatable bonds is 0. The average Bonchev–Trinajstić information content (AvgIpc) is 2.45. The van der Waals surface area contributed by atoms with Gasteiger partial charge in [0.2, 0.25) is 0 Å². The second kappa shape index (κ2) is 2.55. The largest absolute Gasteiger partial charge is 0.241 e. The quantitative estimate of drug-likeness (QED) is 0.664. The van der Waals surface area contributed by atoms with Crippen molar-refractivity contribution in [1.29, 1.82) is 0 Å². The molecule has 0 aromatic carbocycles. The highest BCUT2D eigenvalue weighted by Gasteiger charge is 2.07. The van der Waals surface area contributed by atoms with E-state index in [1.807, 2.05) is 0 Å². The molecule has 0 saturated heterocycles. The van der Waals surface area contributed by atoms with Crippen LogP contribution in [0.15, 0.2) is 5.51 Å². The second-order valence-electron chi connectivity index (χ2n) is 1.81. The summed E-state index contributed by atoms with van der Waals surface area (Å²) in [4.78, 5) is 3.98. The van der Waals surface area contributed by atoms with Gasteiger partial charge in [0.05, 0.1) is 10.2 Å². The lowest BCUT2D eigenvalue weighted by Crippen LogP contribution is -1.83. The van der Waals surface area contributed by atoms with E-state index in [2.05, 4.69) is 15.2 Å². The molecule has 6 heteroatoms. The number of hydrogen-bond acceptors (Lipinski definition) is 4. The Morgan fingerprint density at radius 2 is 1.91 bits per heavy atom. The van der Waals surface area contributed by atoms with Crippen LogP contribution in [-0.2, 0) is 0 Å². The molecule has 0 spiro atoms. The topological polar surface area (TPSA) is 38.7 Å². The molecule has 0 saturated carbocycles. The summed E-state index contributed by atoms with van der Waals surface area (Å²) in [5.74, 6) is 0. The standard InChI is InChI=1S/C5HCl2N3S/c6-4-2-3(11-1-8-2)5(7)10-9-4/h1H. The van der Waals surface area contributed by atoms with Crippen molar-refractivity contribution >= 4 is 44.8 Å². The van der Waals surface area contributed by atoms with Gasteiger partial charge < -0.3 is 0 Å². The minimum atomic E-state index is 0.297. The number of halogens is 2. The summed E-state index contributed by atoms with van der Waals surface area (Å²) >= 11 is 12.8. The maximum absolute atomic E-state index is 5.71. The molecular formula is C5HCl2N3S. The van der Waals surface area contributed by atoms with Crippen molar-refractivity contribution in [2.45, 2.75) is 0 Å². The van der Waals surface area contributed by atoms with E-state index in [1.54, 1.807) is 5.51 Å². The monoisotopic (exact) mass is 205 g/mol. The summed E-state index contributed by atoms with van der Waals surface area (Å²) in [6.45, 7) is 0. The van der Waals surface area contributed by atoms with Crippen molar-refractivity contribution in [3.63, 3.8) is 0 Å². The number of fused-ring (bicyclic) bond motifs is 1. The summed E-state index contributed by atoms with van der Waals surface area (Å²) in [6.07, 6.45) is 0. The van der Waals surface area contributed by atoms with Crippen LogP contribution in [-0.4, -0.2) is 15.2 Å². The van der Waals surface area contributed by atoms with E-state index in [4.69, 9.17) is 23.2 Å². The molecule has 2 heterocycles. The summed E-state index contributed by atoms with van der Waals surface area (Å²) in [7, 11) is 0. The van der Waals surface area contributed by atoms with Gasteiger partial charge in [-0.1, -0.05) is 23.2 Å². The van der Waals surface area contributed by atoms with Crippen LogP contribution < -0.4 is 0 Å². The molecule has 2 aromatic heterocycles. The number of hydrogen-bond donors (Lipinski definition) is 0. The Balaban J connectivity index is 2.96. The van der Waals surface area contributed by atoms with Crippen molar-refractivity contribution in [3.8, 4) is 0 Å². The van der Waals surface area contributed by atoms with Crippen LogP contribution in [0.2, 0.25) is 10.3 Å². The maximum atomic E-state index is 5.71. The fourth-order valence-corrected chi connectivity index (χ4v) is 1.88. The van der Waals surface area contributed by atoms with E-state index < -0.39 is 0 Å². The first-order chi connectivity index (χ1) is 5.29. The van der Waals surface area contributed by atoms with Gasteiger partial charge in [0.1, 0.15) is 5.52 Å². The first-order valence-electron chi connectivity index (χ1n) is 2.70. The summed E-state index contributed by atoms with van der Waals surface area (Å²) < 4.78 is 0.784. The molecule has 0 bridgehead atoms. The van der Waals surface area contributed by atoms with E-state index >= 15 is 0 Å². The fourth-order valence-electron chi connectivity index (χ4n) is 0.720. The van der Waals surface area contributed by atoms with Crippen LogP contribution >= 0.6 is 34.5 Å². The highest BCUT2D eigenvalue weighted by molar-refractivity contribution is 7.17. The summed E-state index contributed by atoms with van der Waals surface area (Å²) in [6, 6.07) is 0. The lowest BCUT2D eigenvalue weighted by atomic mass is 10.5. The Bertz CT molecular complexity index is 364. The first kappa shape index (κ1) is 7.21. The minimum absolute atomic E-state index is 0.297. The predicted molar refractivity (Wildman–Crippen MR) is 45.2 cm³/mol. The van der Waals surface area contributed by atoms with E-state index in [9.17, 15) is 0 Å². The third-order valence-electron chi connectivity index (χ3n) is 1.18. The zero-order valence-electron chi connectivity index (χ0n) is 5.08. The summed E-state index contributed by atoms with van der Waals surface area (Å²) in [5, 5.41) is 7.89. The van der Waals surface area contributed by atoms with Crippen molar-refractivity contribution in [3.05, 3.63) is 15.8 Å². The molecule has 0 aliphatic carbocycles. The number of aromatic nitrogens is 3. The molecule has 2 aromatic rings. The Labute approximate surface area is 76.0 Å². The highest BCUT2D eigenvalue weighted by atomic mass is 35.5. The predicted octanol–water partition coefficient (Wildman–Crippen LogP) is 2.39. The molecule has 0 amide bonds. The molecule has 0 radical (unpaired) electrons. The number of nitrogens with zero attached hydrogens (tertiary/aromatic N) is 3. The van der Waals surface area contributed by atoms with Crippen LogP contribution in [0.5, 0.6) is 0 Å². The van der Waals surface area contributed by atoms with Crippen molar-refractivity contribution < 1.29 is 0 Å². The molecule has 56 valence electrons. The van der Waals surface area contributed by atoms with Crippen LogP contribution in [0, 0.1) is 0 Å². The minimum Gasteiger partial charge on any atom is -0.241 e. The Morgan fingerprint density at radius 3 is 2.64 bits per heavy atom. The van der Waals surface area contributed by atoms with E-state index in [-0.39, 0.29) is 0 Å². The first-order valence-corrected chi connectivity index (χ1v) is 4.33. The molecule has 0 aliphatic rings. The van der Waals surface area contributed by atoms with Gasteiger partial charge >= 0.3 is 0 Å². The lowest BCUT2D eigenvalue weighted by Gasteiger charge is -1.90. The smallest absolute Gasteiger partial charge is 0.178 e. The van der Waals surface area contributed by atoms with Crippen LogP contribution in [0.4, 0.5) is 0 Å². The normalized spacial score (nSPS) is 10.7. The van der Waals surface area contributed by atoms with Crippen LogP contribution in [0.3, 0.4) is 0 Å². The third kappa shape index (κ3) is 1.07. The lowest BCUT2D eigenvalue weighted by molar-refractivity contribution is 1.05. The zero-order chi connectivity index (χ0) is 7.84. The molecular weight excluding hydrogens is 205 g/mol. The summed E-state index contributed by atoms with van der Waals surface area (Å²) in [5.41, 5.74) is 2.28. The van der Waals surface area contributed by atoms with Gasteiger partial charge in [-0.25, -0.2) is 4.98 Å². The molecule has 0 aliphatic heterocycles. The number of thiazole rings is 1. The van der Waals surface area contributed by atoms with E-state index in [1.165, 1.54) is 11.3 Å². The Kier molecular flexibility index (Phi) is 1.67. The van der Waals surface area contributed by atoms with Gasteiger partial charge in [0, 0.05) is 0 Å². The van der Waals surface area contributed by atoms with Crippen molar-refractivity contribution in [2.24, 2.45) is 0 Å². The zero-order valence-corrected chi connectivity index (χ0v) is 7.41. The van der Waals surface area contributed by atoms with Crippen LogP contribution in [0.25, 0.3) is 10.2 Å². The van der Waals surface area contributed by atoms with Gasteiger partial charge in [-0.05, 0) is 0 Å². The molecule has 0 unspecified atom stereocenters. The van der Waals surface area contributed by atoms with Gasteiger partial charge in [0.15, 0.2) is 10.3 Å². The van der Waals surface area contributed by atoms with Crippen LogP contribution in [0.1, 0.15) is 0 Å². The fraction of sp³-hybridized carbons (Fsp3) is 0. The third-order valence-corrected chi connectivity index (χ3v) is 2.64. The molecule has 3 nitrogen and oxygen atoms in total. The molecule has 0 atom stereocenters. The van der Waals surface area contributed by atoms with Crippen molar-refractivity contribution in [2.75, 3.05) is 0 Å². The molecule has 0 fully saturated rings. The maximum Gasteiger partial charge on any atom is 0.178 e.